The lowest BCUT2D eigenvalue weighted by Gasteiger charge is -2.17. The van der Waals surface area contributed by atoms with Crippen molar-refractivity contribution in [3.05, 3.63) is 0 Å². The summed E-state index contributed by atoms with van der Waals surface area (Å²) in [6.45, 7) is 4.56. The number of hydrazine groups is 2. The predicted octanol–water partition coefficient (Wildman–Crippen LogP) is -1.95. The second kappa shape index (κ2) is 12.6. The van der Waals surface area contributed by atoms with E-state index in [-0.39, 0.29) is 22.3 Å². The van der Waals surface area contributed by atoms with Crippen molar-refractivity contribution < 1.29 is 19.1 Å². The Balaban J connectivity index is 4.01. The molecule has 6 N–H and O–H groups in total. The summed E-state index contributed by atoms with van der Waals surface area (Å²) >= 11 is 9.89. The summed E-state index contributed by atoms with van der Waals surface area (Å²) in [7, 11) is 3.12. The smallest absolute Gasteiger partial charge is 0.329 e. The van der Waals surface area contributed by atoms with Gasteiger partial charge in [0.2, 0.25) is 0 Å². The summed E-state index contributed by atoms with van der Waals surface area (Å²) in [5.41, 5.74) is 9.09. The number of carbonyl (C=O) groups excluding carboxylic acids is 2. The highest BCUT2D eigenvalue weighted by Crippen LogP contribution is 1.82. The molecule has 0 aliphatic carbocycles. The topological polar surface area (TPSA) is 125 Å². The zero-order chi connectivity index (χ0) is 18.5. The van der Waals surface area contributed by atoms with Crippen LogP contribution in [0, 0.1) is 0 Å². The van der Waals surface area contributed by atoms with Gasteiger partial charge in [0.25, 0.3) is 0 Å². The molecule has 0 rings (SSSR count). The van der Waals surface area contributed by atoms with E-state index in [9.17, 15) is 9.59 Å². The van der Waals surface area contributed by atoms with Crippen LogP contribution in [0.1, 0.15) is 13.8 Å². The Hall–Kier alpha value is -1.76. The van der Waals surface area contributed by atoms with Gasteiger partial charge in [0.05, 0.1) is 13.2 Å². The highest BCUT2D eigenvalue weighted by atomic mass is 32.1. The van der Waals surface area contributed by atoms with Gasteiger partial charge in [-0.1, -0.05) is 0 Å². The van der Waals surface area contributed by atoms with Gasteiger partial charge in [-0.25, -0.2) is 0 Å². The standard InChI is InChI=1S/C12H24N6O4S2/c1-7(5-21-3)13-11(23)17-15-9(19)10(20)16-18-12(24)14-8(2)6-22-4/h7-8H,5-6H2,1-4H3,(H,15,19)(H,16,20)(H2,13,17,23)(H2,14,18,24). The third-order valence-electron chi connectivity index (χ3n) is 2.37. The van der Waals surface area contributed by atoms with Gasteiger partial charge in [0.15, 0.2) is 10.2 Å². The Bertz CT molecular complexity index is 411. The number of hydrogen-bond donors (Lipinski definition) is 6. The molecule has 0 bridgehead atoms. The quantitative estimate of drug-likeness (QED) is 0.176. The Morgan fingerprint density at radius 3 is 1.42 bits per heavy atom. The Morgan fingerprint density at radius 1 is 0.792 bits per heavy atom. The van der Waals surface area contributed by atoms with Crippen LogP contribution in [0.15, 0.2) is 0 Å². The molecule has 10 nitrogen and oxygen atoms in total. The van der Waals surface area contributed by atoms with Crippen LogP contribution in [0.25, 0.3) is 0 Å². The highest BCUT2D eigenvalue weighted by Gasteiger charge is 2.14. The molecule has 2 unspecified atom stereocenters. The van der Waals surface area contributed by atoms with Gasteiger partial charge in [-0.2, -0.15) is 0 Å². The summed E-state index contributed by atoms with van der Waals surface area (Å²) in [5.74, 6) is -1.89. The maximum absolute atomic E-state index is 11.6. The number of ether oxygens (including phenoxy) is 2. The van der Waals surface area contributed by atoms with Crippen LogP contribution in [0.2, 0.25) is 0 Å². The average Bonchev–Trinajstić information content (AvgIpc) is 2.50. The molecule has 0 aromatic carbocycles. The van der Waals surface area contributed by atoms with E-state index in [4.69, 9.17) is 33.9 Å². The molecule has 24 heavy (non-hydrogen) atoms. The molecule has 0 saturated carbocycles. The van der Waals surface area contributed by atoms with Crippen molar-refractivity contribution in [2.45, 2.75) is 25.9 Å². The van der Waals surface area contributed by atoms with Crippen molar-refractivity contribution in [1.29, 1.82) is 0 Å². The number of carbonyl (C=O) groups is 2. The van der Waals surface area contributed by atoms with Gasteiger partial charge in [0, 0.05) is 26.3 Å². The van der Waals surface area contributed by atoms with E-state index in [1.165, 1.54) is 0 Å². The second-order valence-electron chi connectivity index (χ2n) is 4.82. The van der Waals surface area contributed by atoms with Crippen molar-refractivity contribution in [2.75, 3.05) is 27.4 Å². The van der Waals surface area contributed by atoms with Crippen LogP contribution < -0.4 is 32.3 Å². The Kier molecular flexibility index (Phi) is 11.7. The minimum absolute atomic E-state index is 0.0556. The molecule has 0 aliphatic heterocycles. The third kappa shape index (κ3) is 10.9. The molecule has 12 heteroatoms. The van der Waals surface area contributed by atoms with Crippen LogP contribution in [-0.4, -0.2) is 61.6 Å². The summed E-state index contributed by atoms with van der Waals surface area (Å²) < 4.78 is 9.86. The number of nitrogens with one attached hydrogen (secondary N) is 6. The van der Waals surface area contributed by atoms with E-state index >= 15 is 0 Å². The van der Waals surface area contributed by atoms with E-state index in [1.807, 2.05) is 13.8 Å². The van der Waals surface area contributed by atoms with Crippen LogP contribution in [0.3, 0.4) is 0 Å². The number of amides is 2. The van der Waals surface area contributed by atoms with Crippen LogP contribution in [-0.2, 0) is 19.1 Å². The molecule has 0 heterocycles. The first kappa shape index (κ1) is 22.2. The van der Waals surface area contributed by atoms with E-state index in [2.05, 4.69) is 32.3 Å². The Morgan fingerprint density at radius 2 is 1.12 bits per heavy atom. The minimum atomic E-state index is -0.946. The van der Waals surface area contributed by atoms with E-state index in [0.29, 0.717) is 13.2 Å². The van der Waals surface area contributed by atoms with Crippen molar-refractivity contribution in [1.82, 2.24) is 32.3 Å². The first-order valence-corrected chi connectivity index (χ1v) is 7.83. The predicted molar refractivity (Wildman–Crippen MR) is 96.7 cm³/mol. The molecule has 0 aliphatic rings. The average molecular weight is 380 g/mol. The van der Waals surface area contributed by atoms with Crippen molar-refractivity contribution >= 4 is 46.5 Å². The fraction of sp³-hybridized carbons (Fsp3) is 0.667. The number of hydrogen-bond acceptors (Lipinski definition) is 6. The molecule has 2 amide bonds. The molecule has 0 fully saturated rings. The lowest BCUT2D eigenvalue weighted by molar-refractivity contribution is -0.139. The molecule has 0 aromatic heterocycles. The maximum Gasteiger partial charge on any atom is 0.329 e. The highest BCUT2D eigenvalue weighted by molar-refractivity contribution is 7.80. The molecule has 0 aromatic rings. The third-order valence-corrected chi connectivity index (χ3v) is 2.81. The Labute approximate surface area is 151 Å². The van der Waals surface area contributed by atoms with E-state index < -0.39 is 11.8 Å². The van der Waals surface area contributed by atoms with Gasteiger partial charge >= 0.3 is 11.8 Å². The van der Waals surface area contributed by atoms with Crippen LogP contribution in [0.5, 0.6) is 0 Å². The van der Waals surface area contributed by atoms with Crippen molar-refractivity contribution in [3.63, 3.8) is 0 Å². The zero-order valence-electron chi connectivity index (χ0n) is 14.0. The molecule has 138 valence electrons. The number of rotatable bonds is 6. The van der Waals surface area contributed by atoms with Gasteiger partial charge in [0.1, 0.15) is 0 Å². The molecular formula is C12H24N6O4S2. The SMILES string of the molecule is COCC(C)NC(=S)NNC(=O)C(=O)NNC(=S)NC(C)COC. The molecule has 0 spiro atoms. The van der Waals surface area contributed by atoms with Gasteiger partial charge < -0.3 is 20.1 Å². The fourth-order valence-corrected chi connectivity index (χ4v) is 1.95. The molecule has 0 radical (unpaired) electrons. The first-order valence-electron chi connectivity index (χ1n) is 7.01. The summed E-state index contributed by atoms with van der Waals surface area (Å²) in [6, 6.07) is -0.111. The summed E-state index contributed by atoms with van der Waals surface area (Å²) in [5, 5.41) is 6.00. The first-order chi connectivity index (χ1) is 11.3. The van der Waals surface area contributed by atoms with E-state index in [1.54, 1.807) is 14.2 Å². The fourth-order valence-electron chi connectivity index (χ4n) is 1.44. The van der Waals surface area contributed by atoms with Gasteiger partial charge in [-0.05, 0) is 38.3 Å². The monoisotopic (exact) mass is 380 g/mol. The van der Waals surface area contributed by atoms with E-state index in [0.717, 1.165) is 0 Å². The normalized spacial score (nSPS) is 12.3. The van der Waals surface area contributed by atoms with Gasteiger partial charge in [-0.15, -0.1) is 0 Å². The molecule has 0 saturated heterocycles. The molecule has 2 atom stereocenters. The van der Waals surface area contributed by atoms with Crippen molar-refractivity contribution in [3.8, 4) is 0 Å². The van der Waals surface area contributed by atoms with Crippen molar-refractivity contribution in [2.24, 2.45) is 0 Å². The summed E-state index contributed by atoms with van der Waals surface area (Å²) in [4.78, 5) is 23.1. The minimum Gasteiger partial charge on any atom is -0.383 e. The lowest BCUT2D eigenvalue weighted by atomic mass is 10.4. The largest absolute Gasteiger partial charge is 0.383 e. The number of methoxy groups -OCH3 is 2. The van der Waals surface area contributed by atoms with Gasteiger partial charge in [-0.3, -0.25) is 31.3 Å². The second-order valence-corrected chi connectivity index (χ2v) is 5.63. The zero-order valence-corrected chi connectivity index (χ0v) is 15.7. The summed E-state index contributed by atoms with van der Waals surface area (Å²) in [6.07, 6.45) is 0. The maximum atomic E-state index is 11.6. The molecular weight excluding hydrogens is 356 g/mol. The lowest BCUT2D eigenvalue weighted by Crippen LogP contribution is -2.56. The number of thiocarbonyl (C=S) groups is 2. The van der Waals surface area contributed by atoms with Crippen LogP contribution in [0.4, 0.5) is 0 Å². The van der Waals surface area contributed by atoms with Crippen LogP contribution >= 0.6 is 24.4 Å².